The van der Waals surface area contributed by atoms with Gasteiger partial charge in [0, 0.05) is 32.1 Å². The molecule has 2 fully saturated rings. The summed E-state index contributed by atoms with van der Waals surface area (Å²) in [5, 5.41) is 0. The molecule has 3 atom stereocenters. The fourth-order valence-electron chi connectivity index (χ4n) is 4.81. The molecule has 29 heavy (non-hydrogen) atoms. The molecule has 2 aromatic rings. The number of carbonyl (C=O) groups is 1. The number of halogens is 3. The summed E-state index contributed by atoms with van der Waals surface area (Å²) >= 11 is 0. The van der Waals surface area contributed by atoms with Gasteiger partial charge in [-0.25, -0.2) is 0 Å². The van der Waals surface area contributed by atoms with E-state index in [1.807, 2.05) is 70.5 Å². The third kappa shape index (κ3) is 4.64. The zero-order chi connectivity index (χ0) is 20.4. The smallest absolute Gasteiger partial charge is 0.335 e. The Balaban J connectivity index is 1.51. The highest BCUT2D eigenvalue weighted by Crippen LogP contribution is 2.45. The van der Waals surface area contributed by atoms with E-state index in [2.05, 4.69) is 0 Å². The van der Waals surface area contributed by atoms with Gasteiger partial charge in [-0.15, -0.1) is 0 Å². The van der Waals surface area contributed by atoms with Crippen molar-refractivity contribution >= 4 is 5.91 Å². The average molecular weight is 402 g/mol. The normalized spacial score (nSPS) is 24.7. The van der Waals surface area contributed by atoms with Crippen LogP contribution in [0.4, 0.5) is 13.2 Å². The van der Waals surface area contributed by atoms with Gasteiger partial charge in [0.05, 0.1) is 18.9 Å². The van der Waals surface area contributed by atoms with Crippen LogP contribution < -0.4 is 0 Å². The zero-order valence-electron chi connectivity index (χ0n) is 16.2. The van der Waals surface area contributed by atoms with E-state index in [1.54, 1.807) is 0 Å². The molecule has 6 heteroatoms. The lowest BCUT2D eigenvalue weighted by Gasteiger charge is -2.30. The fraction of sp³-hybridized carbons (Fsp3) is 0.435. The number of fused-ring (bicyclic) bond motifs is 1. The van der Waals surface area contributed by atoms with Crippen molar-refractivity contribution in [3.63, 3.8) is 0 Å². The third-order valence-electron chi connectivity index (χ3n) is 6.11. The molecule has 0 bridgehead atoms. The molecule has 0 radical (unpaired) electrons. The molecule has 4 rings (SSSR count). The Hall–Kier alpha value is -2.34. The summed E-state index contributed by atoms with van der Waals surface area (Å²) in [5.74, 6) is 0.472. The van der Waals surface area contributed by atoms with Crippen LogP contribution in [0.15, 0.2) is 60.7 Å². The van der Waals surface area contributed by atoms with E-state index in [1.165, 1.54) is 0 Å². The maximum Gasteiger partial charge on any atom is 0.390 e. The van der Waals surface area contributed by atoms with Crippen LogP contribution in [0.25, 0.3) is 0 Å². The maximum absolute atomic E-state index is 13.1. The minimum absolute atomic E-state index is 0.0377. The summed E-state index contributed by atoms with van der Waals surface area (Å²) in [6.45, 7) is 1.88. The van der Waals surface area contributed by atoms with E-state index in [0.717, 1.165) is 11.1 Å². The fourth-order valence-corrected chi connectivity index (χ4v) is 4.81. The topological polar surface area (TPSA) is 23.6 Å². The van der Waals surface area contributed by atoms with Crippen molar-refractivity contribution < 1.29 is 18.0 Å². The minimum atomic E-state index is -4.13. The first kappa shape index (κ1) is 20.0. The Labute approximate surface area is 169 Å². The van der Waals surface area contributed by atoms with Gasteiger partial charge in [-0.3, -0.25) is 4.79 Å². The Kier molecular flexibility index (Phi) is 5.63. The van der Waals surface area contributed by atoms with Crippen molar-refractivity contribution in [2.75, 3.05) is 26.2 Å². The lowest BCUT2D eigenvalue weighted by Crippen LogP contribution is -2.37. The molecular formula is C23H25F3N2O. The number of hydrogen-bond acceptors (Lipinski definition) is 2. The van der Waals surface area contributed by atoms with Crippen LogP contribution >= 0.6 is 0 Å². The van der Waals surface area contributed by atoms with E-state index < -0.39 is 12.6 Å². The molecular weight excluding hydrogens is 377 g/mol. The summed E-state index contributed by atoms with van der Waals surface area (Å²) in [7, 11) is 0. The van der Waals surface area contributed by atoms with Gasteiger partial charge in [-0.1, -0.05) is 60.7 Å². The van der Waals surface area contributed by atoms with Gasteiger partial charge in [0.25, 0.3) is 0 Å². The second-order valence-electron chi connectivity index (χ2n) is 8.11. The summed E-state index contributed by atoms with van der Waals surface area (Å²) in [4.78, 5) is 17.0. The highest BCUT2D eigenvalue weighted by Gasteiger charge is 2.49. The predicted molar refractivity (Wildman–Crippen MR) is 105 cm³/mol. The minimum Gasteiger partial charge on any atom is -0.335 e. The van der Waals surface area contributed by atoms with Crippen molar-refractivity contribution in [2.24, 2.45) is 11.8 Å². The van der Waals surface area contributed by atoms with Crippen LogP contribution in [0.3, 0.4) is 0 Å². The molecule has 2 aromatic carbocycles. The van der Waals surface area contributed by atoms with E-state index >= 15 is 0 Å². The van der Waals surface area contributed by atoms with Gasteiger partial charge >= 0.3 is 6.18 Å². The van der Waals surface area contributed by atoms with Gasteiger partial charge in [0.15, 0.2) is 0 Å². The van der Waals surface area contributed by atoms with Crippen molar-refractivity contribution in [2.45, 2.75) is 25.1 Å². The predicted octanol–water partition coefficient (Wildman–Crippen LogP) is 4.31. The van der Waals surface area contributed by atoms with Crippen LogP contribution in [0.1, 0.15) is 23.6 Å². The number of rotatable bonds is 5. The number of carbonyl (C=O) groups excluding carboxylic acids is 1. The molecule has 2 aliphatic rings. The highest BCUT2D eigenvalue weighted by molar-refractivity contribution is 5.79. The molecule has 0 N–H and O–H groups in total. The largest absolute Gasteiger partial charge is 0.390 e. The van der Waals surface area contributed by atoms with Crippen molar-refractivity contribution in [3.8, 4) is 0 Å². The Morgan fingerprint density at radius 1 is 0.931 bits per heavy atom. The molecule has 0 saturated carbocycles. The molecule has 2 aliphatic heterocycles. The number of nitrogens with zero attached hydrogens (tertiary/aromatic N) is 2. The van der Waals surface area contributed by atoms with Crippen LogP contribution in [-0.2, 0) is 11.2 Å². The van der Waals surface area contributed by atoms with Gasteiger partial charge < -0.3 is 9.80 Å². The van der Waals surface area contributed by atoms with Gasteiger partial charge in [-0.2, -0.15) is 13.2 Å². The average Bonchev–Trinajstić information content (AvgIpc) is 3.25. The number of alkyl halides is 3. The van der Waals surface area contributed by atoms with Crippen molar-refractivity contribution in [1.29, 1.82) is 0 Å². The highest BCUT2D eigenvalue weighted by atomic mass is 19.4. The lowest BCUT2D eigenvalue weighted by atomic mass is 9.89. The number of benzene rings is 2. The molecule has 3 nitrogen and oxygen atoms in total. The Morgan fingerprint density at radius 3 is 2.24 bits per heavy atom. The molecule has 1 amide bonds. The lowest BCUT2D eigenvalue weighted by molar-refractivity contribution is -0.137. The Bertz CT molecular complexity index is 825. The first-order valence-electron chi connectivity index (χ1n) is 10.1. The van der Waals surface area contributed by atoms with E-state index in [0.29, 0.717) is 26.1 Å². The van der Waals surface area contributed by atoms with Gasteiger partial charge in [-0.05, 0) is 17.0 Å². The third-order valence-corrected chi connectivity index (χ3v) is 6.11. The monoisotopic (exact) mass is 402 g/mol. The summed E-state index contributed by atoms with van der Waals surface area (Å²) in [6.07, 6.45) is -4.56. The first-order valence-corrected chi connectivity index (χ1v) is 10.1. The second-order valence-corrected chi connectivity index (χ2v) is 8.11. The van der Waals surface area contributed by atoms with Crippen LogP contribution in [0, 0.1) is 11.8 Å². The van der Waals surface area contributed by atoms with E-state index in [9.17, 15) is 18.0 Å². The van der Waals surface area contributed by atoms with Crippen molar-refractivity contribution in [3.05, 3.63) is 71.8 Å². The number of amides is 1. The van der Waals surface area contributed by atoms with Crippen LogP contribution in [-0.4, -0.2) is 48.1 Å². The summed E-state index contributed by atoms with van der Waals surface area (Å²) in [6, 6.07) is 19.5. The molecule has 0 unspecified atom stereocenters. The molecule has 0 spiro atoms. The first-order chi connectivity index (χ1) is 13.9. The van der Waals surface area contributed by atoms with Crippen molar-refractivity contribution in [1.82, 2.24) is 9.80 Å². The molecule has 154 valence electrons. The van der Waals surface area contributed by atoms with Crippen LogP contribution in [0.5, 0.6) is 0 Å². The quantitative estimate of drug-likeness (QED) is 0.744. The molecule has 0 aliphatic carbocycles. The summed E-state index contributed by atoms with van der Waals surface area (Å²) < 4.78 is 37.9. The second kappa shape index (κ2) is 8.19. The molecule has 2 saturated heterocycles. The van der Waals surface area contributed by atoms with E-state index in [4.69, 9.17) is 0 Å². The van der Waals surface area contributed by atoms with Gasteiger partial charge in [0.1, 0.15) is 0 Å². The number of likely N-dealkylation sites (tertiary alicyclic amines) is 2. The molecule has 2 heterocycles. The number of hydrogen-bond donors (Lipinski definition) is 0. The summed E-state index contributed by atoms with van der Waals surface area (Å²) in [5.41, 5.74) is 2.05. The van der Waals surface area contributed by atoms with Gasteiger partial charge in [0.2, 0.25) is 5.91 Å². The molecule has 0 aromatic heterocycles. The standard InChI is InChI=1S/C23H25F3N2O/c24-23(25,26)11-12-27-14-19-15-28(21(29)13-17-7-3-1-4-8-17)22(20(19)16-27)18-9-5-2-6-10-18/h1-10,19-20,22H,11-16H2/t19-,20-,22+/m0/s1. The Morgan fingerprint density at radius 2 is 1.59 bits per heavy atom. The van der Waals surface area contributed by atoms with Crippen LogP contribution in [0.2, 0.25) is 0 Å². The SMILES string of the molecule is O=C(Cc1ccccc1)N1C[C@@H]2CN(CCC(F)(F)F)C[C@@H]2[C@H]1c1ccccc1. The van der Waals surface area contributed by atoms with E-state index in [-0.39, 0.29) is 30.3 Å². The zero-order valence-corrected chi connectivity index (χ0v) is 16.2. The maximum atomic E-state index is 13.1.